The molecule has 120 valence electrons. The SMILES string of the molecule is CCCO[Si](NC1CCCCC1C)(OCCC)C(C)C. The van der Waals surface area contributed by atoms with Crippen molar-refractivity contribution in [2.45, 2.75) is 84.7 Å². The molecule has 0 aliphatic heterocycles. The Kier molecular flexibility index (Phi) is 8.33. The van der Waals surface area contributed by atoms with E-state index in [-0.39, 0.29) is 0 Å². The van der Waals surface area contributed by atoms with Crippen molar-refractivity contribution >= 4 is 8.72 Å². The minimum atomic E-state index is -2.29. The number of hydrogen-bond donors (Lipinski definition) is 1. The van der Waals surface area contributed by atoms with Crippen LogP contribution in [-0.4, -0.2) is 28.0 Å². The summed E-state index contributed by atoms with van der Waals surface area (Å²) in [4.78, 5) is 3.88. The van der Waals surface area contributed by atoms with Crippen molar-refractivity contribution in [2.24, 2.45) is 5.92 Å². The van der Waals surface area contributed by atoms with Crippen LogP contribution in [0.15, 0.2) is 0 Å². The molecule has 0 heterocycles. The maximum Gasteiger partial charge on any atom is 0.427 e. The van der Waals surface area contributed by atoms with Crippen LogP contribution in [0.25, 0.3) is 0 Å². The molecule has 1 rings (SSSR count). The molecule has 0 aromatic heterocycles. The summed E-state index contributed by atoms with van der Waals surface area (Å²) in [5, 5.41) is 0. The van der Waals surface area contributed by atoms with Gasteiger partial charge in [0.25, 0.3) is 0 Å². The molecule has 1 aliphatic carbocycles. The van der Waals surface area contributed by atoms with Gasteiger partial charge in [0.2, 0.25) is 0 Å². The number of nitrogens with one attached hydrogen (secondary N) is 1. The van der Waals surface area contributed by atoms with Crippen LogP contribution in [0.1, 0.15) is 73.1 Å². The first-order valence-electron chi connectivity index (χ1n) is 8.61. The van der Waals surface area contributed by atoms with Gasteiger partial charge in [-0.3, -0.25) is 4.98 Å². The first kappa shape index (κ1) is 18.1. The van der Waals surface area contributed by atoms with E-state index in [1.54, 1.807) is 0 Å². The molecule has 0 aromatic rings. The number of hydrogen-bond acceptors (Lipinski definition) is 3. The Hall–Kier alpha value is 0.0969. The molecule has 1 N–H and O–H groups in total. The highest BCUT2D eigenvalue weighted by Crippen LogP contribution is 2.29. The zero-order valence-electron chi connectivity index (χ0n) is 14.2. The van der Waals surface area contributed by atoms with Crippen LogP contribution in [0.2, 0.25) is 5.54 Å². The van der Waals surface area contributed by atoms with Gasteiger partial charge < -0.3 is 8.85 Å². The molecule has 0 saturated heterocycles. The smallest absolute Gasteiger partial charge is 0.383 e. The highest BCUT2D eigenvalue weighted by atomic mass is 28.4. The third kappa shape index (κ3) is 5.13. The van der Waals surface area contributed by atoms with Crippen molar-refractivity contribution in [2.75, 3.05) is 13.2 Å². The molecule has 0 bridgehead atoms. The Morgan fingerprint density at radius 2 is 1.60 bits per heavy atom. The monoisotopic (exact) mass is 301 g/mol. The summed E-state index contributed by atoms with van der Waals surface area (Å²) in [6.45, 7) is 12.8. The Labute approximate surface area is 127 Å². The fourth-order valence-corrected chi connectivity index (χ4v) is 6.13. The lowest BCUT2D eigenvalue weighted by atomic mass is 9.87. The minimum Gasteiger partial charge on any atom is -0.383 e. The van der Waals surface area contributed by atoms with Crippen LogP contribution in [-0.2, 0) is 8.85 Å². The molecule has 0 aromatic carbocycles. The topological polar surface area (TPSA) is 30.5 Å². The quantitative estimate of drug-likeness (QED) is 0.642. The van der Waals surface area contributed by atoms with Gasteiger partial charge in [0, 0.05) is 24.8 Å². The first-order valence-corrected chi connectivity index (χ1v) is 10.5. The van der Waals surface area contributed by atoms with Crippen molar-refractivity contribution < 1.29 is 8.85 Å². The molecule has 3 nitrogen and oxygen atoms in total. The van der Waals surface area contributed by atoms with E-state index in [2.05, 4.69) is 39.6 Å². The Bertz CT molecular complexity index is 253. The van der Waals surface area contributed by atoms with E-state index < -0.39 is 8.72 Å². The summed E-state index contributed by atoms with van der Waals surface area (Å²) in [6.07, 6.45) is 7.43. The molecule has 2 unspecified atom stereocenters. The number of rotatable bonds is 9. The summed E-state index contributed by atoms with van der Waals surface area (Å²) in [7, 11) is -2.29. The van der Waals surface area contributed by atoms with Gasteiger partial charge in [-0.05, 0) is 31.6 Å². The van der Waals surface area contributed by atoms with Gasteiger partial charge in [-0.2, -0.15) is 0 Å². The molecular formula is C16H35NO2Si. The average Bonchev–Trinajstić information content (AvgIpc) is 2.44. The molecule has 1 fully saturated rings. The van der Waals surface area contributed by atoms with Crippen molar-refractivity contribution in [3.63, 3.8) is 0 Å². The summed E-state index contributed by atoms with van der Waals surface area (Å²) in [5.41, 5.74) is 0.440. The van der Waals surface area contributed by atoms with Crippen molar-refractivity contribution in [1.82, 2.24) is 4.98 Å². The van der Waals surface area contributed by atoms with Gasteiger partial charge in [0.05, 0.1) is 0 Å². The zero-order valence-corrected chi connectivity index (χ0v) is 15.2. The summed E-state index contributed by atoms with van der Waals surface area (Å²) in [5.74, 6) is 0.741. The van der Waals surface area contributed by atoms with E-state index in [1.807, 2.05) is 0 Å². The third-order valence-corrected chi connectivity index (χ3v) is 7.86. The van der Waals surface area contributed by atoms with E-state index in [1.165, 1.54) is 25.7 Å². The van der Waals surface area contributed by atoms with Crippen LogP contribution in [0, 0.1) is 5.92 Å². The van der Waals surface area contributed by atoms with Crippen molar-refractivity contribution in [1.29, 1.82) is 0 Å². The Morgan fingerprint density at radius 3 is 2.05 bits per heavy atom. The standard InChI is InChI=1S/C16H35NO2Si/c1-6-12-18-20(14(3)4,19-13-7-2)17-16-11-9-8-10-15(16)5/h14-17H,6-13H2,1-5H3. The Balaban J connectivity index is 2.76. The van der Waals surface area contributed by atoms with E-state index >= 15 is 0 Å². The largest absolute Gasteiger partial charge is 0.427 e. The molecule has 0 radical (unpaired) electrons. The normalized spacial score (nSPS) is 24.3. The molecule has 4 heteroatoms. The lowest BCUT2D eigenvalue weighted by molar-refractivity contribution is 0.136. The lowest BCUT2D eigenvalue weighted by Gasteiger charge is -2.40. The Morgan fingerprint density at radius 1 is 1.05 bits per heavy atom. The highest BCUT2D eigenvalue weighted by molar-refractivity contribution is 6.66. The predicted octanol–water partition coefficient (Wildman–Crippen LogP) is 4.36. The second-order valence-electron chi connectivity index (χ2n) is 6.53. The first-order chi connectivity index (χ1) is 9.55. The fraction of sp³-hybridized carbons (Fsp3) is 1.00. The van der Waals surface area contributed by atoms with Gasteiger partial charge >= 0.3 is 8.72 Å². The predicted molar refractivity (Wildman–Crippen MR) is 87.9 cm³/mol. The maximum absolute atomic E-state index is 6.30. The molecule has 1 aliphatic rings. The molecular weight excluding hydrogens is 266 g/mol. The minimum absolute atomic E-state index is 0.440. The van der Waals surface area contributed by atoms with Gasteiger partial charge in [-0.15, -0.1) is 0 Å². The van der Waals surface area contributed by atoms with E-state index in [0.717, 1.165) is 32.0 Å². The average molecular weight is 302 g/mol. The molecule has 1 saturated carbocycles. The summed E-state index contributed by atoms with van der Waals surface area (Å²) < 4.78 is 12.6. The van der Waals surface area contributed by atoms with Gasteiger partial charge in [-0.25, -0.2) is 0 Å². The lowest BCUT2D eigenvalue weighted by Crippen LogP contribution is -2.63. The van der Waals surface area contributed by atoms with E-state index in [0.29, 0.717) is 11.6 Å². The van der Waals surface area contributed by atoms with Crippen LogP contribution < -0.4 is 4.98 Å². The zero-order chi connectivity index (χ0) is 15.0. The van der Waals surface area contributed by atoms with Crippen LogP contribution in [0.3, 0.4) is 0 Å². The van der Waals surface area contributed by atoms with Crippen molar-refractivity contribution in [3.05, 3.63) is 0 Å². The van der Waals surface area contributed by atoms with E-state index in [9.17, 15) is 0 Å². The van der Waals surface area contributed by atoms with Crippen LogP contribution >= 0.6 is 0 Å². The van der Waals surface area contributed by atoms with Crippen LogP contribution in [0.4, 0.5) is 0 Å². The second-order valence-corrected chi connectivity index (χ2v) is 9.89. The van der Waals surface area contributed by atoms with Gasteiger partial charge in [0.1, 0.15) is 0 Å². The van der Waals surface area contributed by atoms with E-state index in [4.69, 9.17) is 8.85 Å². The highest BCUT2D eigenvalue weighted by Gasteiger charge is 2.45. The van der Waals surface area contributed by atoms with Crippen molar-refractivity contribution in [3.8, 4) is 0 Å². The molecule has 0 spiro atoms. The fourth-order valence-electron chi connectivity index (χ4n) is 2.92. The second kappa shape index (κ2) is 9.18. The summed E-state index contributed by atoms with van der Waals surface area (Å²) >= 11 is 0. The van der Waals surface area contributed by atoms with Gasteiger partial charge in [-0.1, -0.05) is 47.5 Å². The third-order valence-electron chi connectivity index (χ3n) is 4.30. The maximum atomic E-state index is 6.30. The molecule has 0 amide bonds. The van der Waals surface area contributed by atoms with Gasteiger partial charge in [0.15, 0.2) is 0 Å². The van der Waals surface area contributed by atoms with Crippen LogP contribution in [0.5, 0.6) is 0 Å². The molecule has 20 heavy (non-hydrogen) atoms. The summed E-state index contributed by atoms with van der Waals surface area (Å²) in [6, 6.07) is 0.575. The molecule has 2 atom stereocenters.